The van der Waals surface area contributed by atoms with Crippen LogP contribution in [0.2, 0.25) is 0 Å². The van der Waals surface area contributed by atoms with Gasteiger partial charge in [-0.25, -0.2) is 9.97 Å². The highest BCUT2D eigenvalue weighted by Crippen LogP contribution is 2.38. The molecule has 0 bridgehead atoms. The summed E-state index contributed by atoms with van der Waals surface area (Å²) in [6, 6.07) is 3.52. The third-order valence-electron chi connectivity index (χ3n) is 3.02. The predicted octanol–water partition coefficient (Wildman–Crippen LogP) is 1.68. The summed E-state index contributed by atoms with van der Waals surface area (Å²) in [5, 5.41) is 0.635. The topological polar surface area (TPSA) is 125 Å². The molecule has 1 amide bonds. The van der Waals surface area contributed by atoms with Crippen molar-refractivity contribution in [3.05, 3.63) is 22.8 Å². The molecule has 0 radical (unpaired) electrons. The van der Waals surface area contributed by atoms with E-state index in [4.69, 9.17) is 15.9 Å². The number of nitrogens with zero attached hydrogens (tertiary/aromatic N) is 2. The van der Waals surface area contributed by atoms with Crippen LogP contribution in [-0.4, -0.2) is 26.3 Å². The maximum atomic E-state index is 11.7. The van der Waals surface area contributed by atoms with Crippen molar-refractivity contribution in [3.8, 4) is 11.5 Å². The van der Waals surface area contributed by atoms with Crippen LogP contribution in [0, 0.1) is 6.92 Å². The van der Waals surface area contributed by atoms with Gasteiger partial charge in [0.1, 0.15) is 21.2 Å². The fourth-order valence-electron chi connectivity index (χ4n) is 2.05. The Morgan fingerprint density at radius 2 is 2.09 bits per heavy atom. The third kappa shape index (κ3) is 2.28. The average Bonchev–Trinajstić information content (AvgIpc) is 3.02. The van der Waals surface area contributed by atoms with Gasteiger partial charge in [0, 0.05) is 6.26 Å². The number of aromatic nitrogens is 2. The van der Waals surface area contributed by atoms with E-state index in [-0.39, 0.29) is 15.7 Å². The normalized spacial score (nSPS) is 12.6. The molecule has 0 fully saturated rings. The van der Waals surface area contributed by atoms with Gasteiger partial charge in [0.25, 0.3) is 5.91 Å². The van der Waals surface area contributed by atoms with Crippen molar-refractivity contribution in [2.45, 2.75) is 12.1 Å². The van der Waals surface area contributed by atoms with E-state index in [1.54, 1.807) is 19.1 Å². The zero-order valence-corrected chi connectivity index (χ0v) is 13.4. The second-order valence-corrected chi connectivity index (χ2v) is 6.88. The summed E-state index contributed by atoms with van der Waals surface area (Å²) in [5.41, 5.74) is 12.0. The smallest absolute Gasteiger partial charge is 0.260 e. The Kier molecular flexibility index (Phi) is 3.45. The predicted molar refractivity (Wildman–Crippen MR) is 85.1 cm³/mol. The molecule has 0 aliphatic heterocycles. The summed E-state index contributed by atoms with van der Waals surface area (Å²) >= 11 is 1.05. The lowest BCUT2D eigenvalue weighted by Crippen LogP contribution is -2.10. The Morgan fingerprint density at radius 1 is 1.36 bits per heavy atom. The minimum absolute atomic E-state index is 0.147. The van der Waals surface area contributed by atoms with Gasteiger partial charge >= 0.3 is 0 Å². The molecule has 0 spiro atoms. The minimum atomic E-state index is -1.38. The van der Waals surface area contributed by atoms with Gasteiger partial charge in [0.15, 0.2) is 5.76 Å². The SMILES string of the molecule is Cc1ccc(-c2nc(S(C)=O)nc3sc(C(N)=O)c(N)c23)o1. The van der Waals surface area contributed by atoms with Crippen LogP contribution in [0.15, 0.2) is 21.7 Å². The van der Waals surface area contributed by atoms with Crippen molar-refractivity contribution in [2.24, 2.45) is 5.73 Å². The number of amides is 1. The molecule has 0 aromatic carbocycles. The van der Waals surface area contributed by atoms with Gasteiger partial charge in [-0.1, -0.05) is 0 Å². The first-order valence-electron chi connectivity index (χ1n) is 6.18. The van der Waals surface area contributed by atoms with Crippen LogP contribution in [0.25, 0.3) is 21.7 Å². The quantitative estimate of drug-likeness (QED) is 0.701. The fraction of sp³-hybridized carbons (Fsp3) is 0.154. The molecule has 1 atom stereocenters. The Balaban J connectivity index is 2.41. The molecule has 3 rings (SSSR count). The maximum absolute atomic E-state index is 11.7. The number of anilines is 1. The number of carbonyl (C=O) groups is 1. The largest absolute Gasteiger partial charge is 0.460 e. The zero-order valence-electron chi connectivity index (χ0n) is 11.7. The van der Waals surface area contributed by atoms with Crippen molar-refractivity contribution >= 4 is 43.9 Å². The highest BCUT2D eigenvalue weighted by molar-refractivity contribution is 7.84. The summed E-state index contributed by atoms with van der Waals surface area (Å²) < 4.78 is 17.3. The van der Waals surface area contributed by atoms with Gasteiger partial charge in [-0.15, -0.1) is 11.3 Å². The number of fused-ring (bicyclic) bond motifs is 1. The van der Waals surface area contributed by atoms with Crippen LogP contribution in [0.5, 0.6) is 0 Å². The first-order valence-corrected chi connectivity index (χ1v) is 8.56. The molecule has 114 valence electrons. The van der Waals surface area contributed by atoms with E-state index in [1.807, 2.05) is 0 Å². The summed E-state index contributed by atoms with van der Waals surface area (Å²) in [7, 11) is -1.38. The summed E-state index contributed by atoms with van der Waals surface area (Å²) in [5.74, 6) is 0.531. The molecule has 1 unspecified atom stereocenters. The van der Waals surface area contributed by atoms with E-state index in [1.165, 1.54) is 6.26 Å². The van der Waals surface area contributed by atoms with E-state index in [2.05, 4.69) is 9.97 Å². The van der Waals surface area contributed by atoms with Crippen molar-refractivity contribution in [1.29, 1.82) is 0 Å². The van der Waals surface area contributed by atoms with Crippen LogP contribution >= 0.6 is 11.3 Å². The zero-order chi connectivity index (χ0) is 16.0. The Labute approximate surface area is 131 Å². The minimum Gasteiger partial charge on any atom is -0.460 e. The Bertz CT molecular complexity index is 929. The number of primary amides is 1. The van der Waals surface area contributed by atoms with Crippen molar-refractivity contribution in [1.82, 2.24) is 9.97 Å². The van der Waals surface area contributed by atoms with Crippen molar-refractivity contribution in [3.63, 3.8) is 0 Å². The van der Waals surface area contributed by atoms with Gasteiger partial charge in [-0.05, 0) is 19.1 Å². The van der Waals surface area contributed by atoms with E-state index in [9.17, 15) is 9.00 Å². The first kappa shape index (κ1) is 14.7. The lowest BCUT2D eigenvalue weighted by atomic mass is 10.2. The number of hydrogen-bond donors (Lipinski definition) is 2. The van der Waals surface area contributed by atoms with Gasteiger partial charge in [-0.3, -0.25) is 9.00 Å². The van der Waals surface area contributed by atoms with E-state index >= 15 is 0 Å². The van der Waals surface area contributed by atoms with Gasteiger partial charge < -0.3 is 15.9 Å². The number of nitrogens with two attached hydrogens (primary N) is 2. The molecule has 0 aliphatic rings. The lowest BCUT2D eigenvalue weighted by molar-refractivity contribution is 0.100. The molecular weight excluding hydrogens is 324 g/mol. The summed E-state index contributed by atoms with van der Waals surface area (Å²) in [4.78, 5) is 20.6. The number of thiophene rings is 1. The summed E-state index contributed by atoms with van der Waals surface area (Å²) in [6.45, 7) is 1.80. The summed E-state index contributed by atoms with van der Waals surface area (Å²) in [6.07, 6.45) is 1.48. The van der Waals surface area contributed by atoms with Gasteiger partial charge in [-0.2, -0.15) is 0 Å². The molecule has 7 nitrogen and oxygen atoms in total. The number of rotatable bonds is 3. The highest BCUT2D eigenvalue weighted by atomic mass is 32.2. The average molecular weight is 336 g/mol. The number of aryl methyl sites for hydroxylation is 1. The van der Waals surface area contributed by atoms with Crippen LogP contribution in [0.3, 0.4) is 0 Å². The molecular formula is C13H12N4O3S2. The molecule has 3 heterocycles. The third-order valence-corrected chi connectivity index (χ3v) is 4.83. The van der Waals surface area contributed by atoms with Gasteiger partial charge in [0.2, 0.25) is 5.16 Å². The molecule has 4 N–H and O–H groups in total. The van der Waals surface area contributed by atoms with Crippen molar-refractivity contribution in [2.75, 3.05) is 12.0 Å². The lowest BCUT2D eigenvalue weighted by Gasteiger charge is -2.03. The number of nitrogen functional groups attached to an aromatic ring is 1. The molecule has 9 heteroatoms. The maximum Gasteiger partial charge on any atom is 0.260 e. The number of furan rings is 1. The van der Waals surface area contributed by atoms with E-state index < -0.39 is 16.7 Å². The van der Waals surface area contributed by atoms with Crippen molar-refractivity contribution < 1.29 is 13.4 Å². The van der Waals surface area contributed by atoms with Crippen LogP contribution in [0.1, 0.15) is 15.4 Å². The van der Waals surface area contributed by atoms with Gasteiger partial charge in [0.05, 0.1) is 21.9 Å². The number of hydrogen-bond acceptors (Lipinski definition) is 7. The van der Waals surface area contributed by atoms with E-state index in [0.717, 1.165) is 11.3 Å². The highest BCUT2D eigenvalue weighted by Gasteiger charge is 2.22. The molecule has 0 saturated heterocycles. The molecule has 3 aromatic heterocycles. The standard InChI is InChI=1S/C13H12N4O3S2/c1-5-3-4-6(20-5)9-7-8(14)10(11(15)18)21-12(7)17-13(16-9)22(2)19/h3-4H,14H2,1-2H3,(H2,15,18). The van der Waals surface area contributed by atoms with Crippen LogP contribution in [0.4, 0.5) is 5.69 Å². The number of carbonyl (C=O) groups excluding carboxylic acids is 1. The second kappa shape index (κ2) is 5.18. The van der Waals surface area contributed by atoms with Crippen LogP contribution < -0.4 is 11.5 Å². The Morgan fingerprint density at radius 3 is 2.64 bits per heavy atom. The van der Waals surface area contributed by atoms with E-state index in [0.29, 0.717) is 27.4 Å². The Hall–Kier alpha value is -2.26. The second-order valence-electron chi connectivity index (χ2n) is 4.61. The molecule has 0 aliphatic carbocycles. The molecule has 22 heavy (non-hydrogen) atoms. The first-order chi connectivity index (χ1) is 10.4. The monoisotopic (exact) mass is 336 g/mol. The molecule has 3 aromatic rings. The fourth-order valence-corrected chi connectivity index (χ4v) is 3.50. The van der Waals surface area contributed by atoms with Crippen LogP contribution in [-0.2, 0) is 10.8 Å². The molecule has 0 saturated carbocycles.